The van der Waals surface area contributed by atoms with Gasteiger partial charge >= 0.3 is 0 Å². The highest BCUT2D eigenvalue weighted by Gasteiger charge is 2.36. The molecule has 33 heavy (non-hydrogen) atoms. The largest absolute Gasteiger partial charge is 0.483 e. The quantitative estimate of drug-likeness (QED) is 0.484. The number of carbonyl (C=O) groups is 3. The first-order valence-electron chi connectivity index (χ1n) is 10.6. The molecular formula is C26H23ClN2O4. The Hall–Kier alpha value is -3.64. The number of rotatable bonds is 6. The van der Waals surface area contributed by atoms with Gasteiger partial charge in [0.15, 0.2) is 6.61 Å². The van der Waals surface area contributed by atoms with E-state index in [4.69, 9.17) is 16.3 Å². The Balaban J connectivity index is 1.46. The monoisotopic (exact) mass is 462 g/mol. The van der Waals surface area contributed by atoms with E-state index in [1.807, 2.05) is 25.1 Å². The second-order valence-electron chi connectivity index (χ2n) is 8.19. The van der Waals surface area contributed by atoms with Gasteiger partial charge in [-0.25, -0.2) is 4.90 Å². The number of hydrogen-bond donors (Lipinski definition) is 1. The molecule has 1 aliphatic heterocycles. The second kappa shape index (κ2) is 9.08. The fourth-order valence-electron chi connectivity index (χ4n) is 3.74. The third-order valence-electron chi connectivity index (χ3n) is 5.43. The number of hydrogen-bond acceptors (Lipinski definition) is 4. The van der Waals surface area contributed by atoms with E-state index >= 15 is 0 Å². The molecule has 6 nitrogen and oxygen atoms in total. The zero-order valence-corrected chi connectivity index (χ0v) is 19.3. The maximum absolute atomic E-state index is 12.7. The Morgan fingerprint density at radius 3 is 2.27 bits per heavy atom. The molecule has 0 spiro atoms. The number of anilines is 2. The first kappa shape index (κ1) is 22.6. The maximum atomic E-state index is 12.7. The lowest BCUT2D eigenvalue weighted by atomic mass is 10.0. The van der Waals surface area contributed by atoms with E-state index in [1.54, 1.807) is 36.4 Å². The number of ether oxygens (including phenoxy) is 1. The highest BCUT2D eigenvalue weighted by molar-refractivity contribution is 6.36. The van der Waals surface area contributed by atoms with Crippen LogP contribution in [-0.4, -0.2) is 24.3 Å². The first-order chi connectivity index (χ1) is 15.8. The molecule has 0 saturated carbocycles. The van der Waals surface area contributed by atoms with Crippen LogP contribution in [0, 0.1) is 6.92 Å². The molecule has 0 aromatic heterocycles. The van der Waals surface area contributed by atoms with E-state index in [0.29, 0.717) is 28.3 Å². The third-order valence-corrected chi connectivity index (χ3v) is 5.74. The van der Waals surface area contributed by atoms with Crippen molar-refractivity contribution in [3.63, 3.8) is 0 Å². The topological polar surface area (TPSA) is 75.7 Å². The predicted octanol–water partition coefficient (Wildman–Crippen LogP) is 5.59. The molecule has 0 unspecified atom stereocenters. The average Bonchev–Trinajstić information content (AvgIpc) is 3.04. The van der Waals surface area contributed by atoms with Crippen molar-refractivity contribution in [1.82, 2.24) is 0 Å². The van der Waals surface area contributed by atoms with Crippen molar-refractivity contribution in [2.75, 3.05) is 16.8 Å². The molecule has 1 N–H and O–H groups in total. The normalized spacial score (nSPS) is 12.8. The summed E-state index contributed by atoms with van der Waals surface area (Å²) in [7, 11) is 0. The van der Waals surface area contributed by atoms with Gasteiger partial charge in [0.05, 0.1) is 27.5 Å². The molecule has 1 aliphatic rings. The number of amides is 3. The van der Waals surface area contributed by atoms with E-state index in [0.717, 1.165) is 16.0 Å². The van der Waals surface area contributed by atoms with E-state index < -0.39 is 11.8 Å². The Morgan fingerprint density at radius 1 is 1.00 bits per heavy atom. The summed E-state index contributed by atoms with van der Waals surface area (Å²) >= 11 is 6.36. The van der Waals surface area contributed by atoms with E-state index in [2.05, 4.69) is 19.2 Å². The molecule has 0 radical (unpaired) electrons. The lowest BCUT2D eigenvalue weighted by Gasteiger charge is -2.17. The van der Waals surface area contributed by atoms with Crippen molar-refractivity contribution in [2.45, 2.75) is 26.7 Å². The van der Waals surface area contributed by atoms with Gasteiger partial charge in [-0.15, -0.1) is 0 Å². The number of benzene rings is 3. The van der Waals surface area contributed by atoms with Crippen LogP contribution in [0.15, 0.2) is 60.7 Å². The van der Waals surface area contributed by atoms with Crippen LogP contribution < -0.4 is 15.0 Å². The summed E-state index contributed by atoms with van der Waals surface area (Å²) in [6, 6.07) is 17.2. The van der Waals surface area contributed by atoms with Gasteiger partial charge in [-0.1, -0.05) is 49.7 Å². The Labute approximate surface area is 197 Å². The number of aryl methyl sites for hydroxylation is 1. The molecule has 3 amide bonds. The molecule has 0 bridgehead atoms. The van der Waals surface area contributed by atoms with Crippen molar-refractivity contribution >= 4 is 40.7 Å². The molecule has 7 heteroatoms. The number of nitrogens with one attached hydrogen (secondary N) is 1. The zero-order chi connectivity index (χ0) is 23.7. The summed E-state index contributed by atoms with van der Waals surface area (Å²) < 4.78 is 5.77. The molecule has 1 heterocycles. The van der Waals surface area contributed by atoms with Crippen LogP contribution in [0.5, 0.6) is 5.75 Å². The van der Waals surface area contributed by atoms with E-state index in [-0.39, 0.29) is 23.5 Å². The summed E-state index contributed by atoms with van der Waals surface area (Å²) in [5.41, 5.74) is 3.47. The van der Waals surface area contributed by atoms with Crippen LogP contribution in [0.25, 0.3) is 0 Å². The molecule has 4 rings (SSSR count). The lowest BCUT2D eigenvalue weighted by molar-refractivity contribution is -0.118. The van der Waals surface area contributed by atoms with Crippen LogP contribution in [0.3, 0.4) is 0 Å². The molecule has 0 atom stereocenters. The predicted molar refractivity (Wildman–Crippen MR) is 128 cm³/mol. The van der Waals surface area contributed by atoms with Gasteiger partial charge < -0.3 is 10.1 Å². The number of fused-ring (bicyclic) bond motifs is 1. The number of imide groups is 1. The maximum Gasteiger partial charge on any atom is 0.266 e. The summed E-state index contributed by atoms with van der Waals surface area (Å²) in [4.78, 5) is 38.9. The van der Waals surface area contributed by atoms with Crippen molar-refractivity contribution in [3.8, 4) is 5.75 Å². The third kappa shape index (κ3) is 4.47. The van der Waals surface area contributed by atoms with Crippen molar-refractivity contribution < 1.29 is 19.1 Å². The molecule has 168 valence electrons. The Kier molecular flexibility index (Phi) is 6.20. The van der Waals surface area contributed by atoms with Crippen LogP contribution in [0.4, 0.5) is 11.4 Å². The van der Waals surface area contributed by atoms with Crippen molar-refractivity contribution in [1.29, 1.82) is 0 Å². The highest BCUT2D eigenvalue weighted by atomic mass is 35.5. The number of carbonyl (C=O) groups excluding carboxylic acids is 3. The molecular weight excluding hydrogens is 440 g/mol. The smallest absolute Gasteiger partial charge is 0.266 e. The minimum absolute atomic E-state index is 0.181. The minimum Gasteiger partial charge on any atom is -0.483 e. The van der Waals surface area contributed by atoms with Gasteiger partial charge in [-0.2, -0.15) is 0 Å². The zero-order valence-electron chi connectivity index (χ0n) is 18.5. The van der Waals surface area contributed by atoms with Gasteiger partial charge in [0.2, 0.25) is 0 Å². The first-order valence-corrected chi connectivity index (χ1v) is 10.9. The fourth-order valence-corrected chi connectivity index (χ4v) is 3.96. The number of halogens is 1. The van der Waals surface area contributed by atoms with Crippen LogP contribution >= 0.6 is 11.6 Å². The molecule has 0 aliphatic carbocycles. The van der Waals surface area contributed by atoms with Crippen molar-refractivity contribution in [3.05, 3.63) is 87.9 Å². The van der Waals surface area contributed by atoms with Gasteiger partial charge in [-0.05, 0) is 60.4 Å². The van der Waals surface area contributed by atoms with Gasteiger partial charge in [-0.3, -0.25) is 14.4 Å². The fraction of sp³-hybridized carbons (Fsp3) is 0.192. The summed E-state index contributed by atoms with van der Waals surface area (Å²) in [6.45, 7) is 5.91. The van der Waals surface area contributed by atoms with Gasteiger partial charge in [0.1, 0.15) is 5.75 Å². The summed E-state index contributed by atoms with van der Waals surface area (Å²) in [5, 5.41) is 2.92. The summed E-state index contributed by atoms with van der Waals surface area (Å²) in [6.07, 6.45) is 0. The molecule has 0 fully saturated rings. The van der Waals surface area contributed by atoms with Crippen molar-refractivity contribution in [2.24, 2.45) is 0 Å². The van der Waals surface area contributed by atoms with Crippen LogP contribution in [0.2, 0.25) is 5.02 Å². The van der Waals surface area contributed by atoms with Gasteiger partial charge in [0, 0.05) is 0 Å². The standard InChI is InChI=1S/C26H23ClN2O4/c1-15(2)18-10-8-16(3)12-23(18)33-14-24(30)28-22-11-9-17(13-21(22)27)29-25(31)19-6-4-5-7-20(19)26(29)32/h4-13,15H,14H2,1-3H3,(H,28,30). The Morgan fingerprint density at radius 2 is 1.67 bits per heavy atom. The minimum atomic E-state index is -0.407. The van der Waals surface area contributed by atoms with Crippen LogP contribution in [-0.2, 0) is 4.79 Å². The Bertz CT molecular complexity index is 1230. The van der Waals surface area contributed by atoms with Gasteiger partial charge in [0.25, 0.3) is 17.7 Å². The number of nitrogens with zero attached hydrogens (tertiary/aromatic N) is 1. The van der Waals surface area contributed by atoms with E-state index in [9.17, 15) is 14.4 Å². The summed E-state index contributed by atoms with van der Waals surface area (Å²) in [5.74, 6) is -0.256. The molecule has 3 aromatic carbocycles. The van der Waals surface area contributed by atoms with E-state index in [1.165, 1.54) is 6.07 Å². The highest BCUT2D eigenvalue weighted by Crippen LogP contribution is 2.33. The van der Waals surface area contributed by atoms with Crippen LogP contribution in [0.1, 0.15) is 51.6 Å². The molecule has 0 saturated heterocycles. The molecule has 3 aromatic rings. The SMILES string of the molecule is Cc1ccc(C(C)C)c(OCC(=O)Nc2ccc(N3C(=O)c4ccccc4C3=O)cc2Cl)c1. The lowest BCUT2D eigenvalue weighted by Crippen LogP contribution is -2.29. The average molecular weight is 463 g/mol. The second-order valence-corrected chi connectivity index (χ2v) is 8.60.